The standard InChI is InChI=1S/C16H12ClN3O/c17-11-4-5-14(18)12(8-11)16(21)20-15-3-1-2-10-6-7-19-9-13(10)15/h1-9H,18H2,(H,20,21). The number of aromatic nitrogens is 1. The van der Waals surface area contributed by atoms with Gasteiger partial charge in [-0.1, -0.05) is 23.7 Å². The summed E-state index contributed by atoms with van der Waals surface area (Å²) in [5.41, 5.74) is 7.24. The first-order chi connectivity index (χ1) is 10.1. The normalized spacial score (nSPS) is 10.5. The van der Waals surface area contributed by atoms with Gasteiger partial charge in [0.2, 0.25) is 0 Å². The number of benzene rings is 2. The number of rotatable bonds is 2. The summed E-state index contributed by atoms with van der Waals surface area (Å²) in [5, 5.41) is 5.19. The number of nitrogens with one attached hydrogen (secondary N) is 1. The van der Waals surface area contributed by atoms with Crippen LogP contribution in [0.2, 0.25) is 5.02 Å². The number of fused-ring (bicyclic) bond motifs is 1. The van der Waals surface area contributed by atoms with Crippen LogP contribution in [0.5, 0.6) is 0 Å². The molecule has 0 aliphatic rings. The Morgan fingerprint density at radius 2 is 2.05 bits per heavy atom. The number of hydrogen-bond donors (Lipinski definition) is 2. The first kappa shape index (κ1) is 13.4. The molecule has 0 radical (unpaired) electrons. The lowest BCUT2D eigenvalue weighted by atomic mass is 10.1. The van der Waals surface area contributed by atoms with E-state index in [1.807, 2.05) is 24.3 Å². The smallest absolute Gasteiger partial charge is 0.257 e. The summed E-state index contributed by atoms with van der Waals surface area (Å²) in [5.74, 6) is -0.300. The van der Waals surface area contributed by atoms with Crippen molar-refractivity contribution in [1.82, 2.24) is 4.98 Å². The van der Waals surface area contributed by atoms with Crippen molar-refractivity contribution < 1.29 is 4.79 Å². The first-order valence-electron chi connectivity index (χ1n) is 6.34. The van der Waals surface area contributed by atoms with Crippen molar-refractivity contribution in [2.24, 2.45) is 0 Å². The van der Waals surface area contributed by atoms with E-state index in [9.17, 15) is 4.79 Å². The molecular formula is C16H12ClN3O. The van der Waals surface area contributed by atoms with Crippen LogP contribution in [0.3, 0.4) is 0 Å². The van der Waals surface area contributed by atoms with Crippen LogP contribution in [0.1, 0.15) is 10.4 Å². The second-order valence-corrected chi connectivity index (χ2v) is 5.02. The van der Waals surface area contributed by atoms with Gasteiger partial charge in [0.1, 0.15) is 0 Å². The lowest BCUT2D eigenvalue weighted by Crippen LogP contribution is -2.14. The van der Waals surface area contributed by atoms with E-state index < -0.39 is 0 Å². The highest BCUT2D eigenvalue weighted by Gasteiger charge is 2.12. The molecule has 3 rings (SSSR count). The maximum absolute atomic E-state index is 12.4. The molecule has 0 saturated heterocycles. The van der Waals surface area contributed by atoms with E-state index in [0.717, 1.165) is 10.8 Å². The van der Waals surface area contributed by atoms with E-state index in [2.05, 4.69) is 10.3 Å². The van der Waals surface area contributed by atoms with Crippen LogP contribution in [-0.4, -0.2) is 10.9 Å². The summed E-state index contributed by atoms with van der Waals surface area (Å²) in [6, 6.07) is 12.4. The van der Waals surface area contributed by atoms with Gasteiger partial charge < -0.3 is 11.1 Å². The monoisotopic (exact) mass is 297 g/mol. The Morgan fingerprint density at radius 1 is 1.19 bits per heavy atom. The van der Waals surface area contributed by atoms with Crippen molar-refractivity contribution in [2.75, 3.05) is 11.1 Å². The summed E-state index contributed by atoms with van der Waals surface area (Å²) >= 11 is 5.91. The fourth-order valence-corrected chi connectivity index (χ4v) is 2.31. The quantitative estimate of drug-likeness (QED) is 0.708. The van der Waals surface area contributed by atoms with Crippen molar-refractivity contribution >= 4 is 39.7 Å². The Labute approximate surface area is 126 Å². The number of carbonyl (C=O) groups excluding carboxylic acids is 1. The average molecular weight is 298 g/mol. The fourth-order valence-electron chi connectivity index (χ4n) is 2.14. The third-order valence-electron chi connectivity index (χ3n) is 3.19. The average Bonchev–Trinajstić information content (AvgIpc) is 2.50. The highest BCUT2D eigenvalue weighted by atomic mass is 35.5. The molecule has 21 heavy (non-hydrogen) atoms. The van der Waals surface area contributed by atoms with E-state index in [4.69, 9.17) is 17.3 Å². The molecule has 0 aliphatic carbocycles. The van der Waals surface area contributed by atoms with Gasteiger partial charge in [0.15, 0.2) is 0 Å². The molecule has 0 aliphatic heterocycles. The van der Waals surface area contributed by atoms with Gasteiger partial charge in [0.05, 0.1) is 11.3 Å². The molecule has 3 aromatic rings. The van der Waals surface area contributed by atoms with Crippen molar-refractivity contribution in [1.29, 1.82) is 0 Å². The van der Waals surface area contributed by atoms with Crippen LogP contribution >= 0.6 is 11.6 Å². The number of pyridine rings is 1. The third kappa shape index (κ3) is 2.66. The fraction of sp³-hybridized carbons (Fsp3) is 0. The van der Waals surface area contributed by atoms with E-state index in [-0.39, 0.29) is 5.91 Å². The minimum Gasteiger partial charge on any atom is -0.398 e. The number of hydrogen-bond acceptors (Lipinski definition) is 3. The Kier molecular flexibility index (Phi) is 3.46. The number of carbonyl (C=O) groups is 1. The van der Waals surface area contributed by atoms with Gasteiger partial charge >= 0.3 is 0 Å². The van der Waals surface area contributed by atoms with Gasteiger partial charge in [0.25, 0.3) is 5.91 Å². The Balaban J connectivity index is 1.99. The van der Waals surface area contributed by atoms with E-state index in [0.29, 0.717) is 22.0 Å². The zero-order valence-corrected chi connectivity index (χ0v) is 11.8. The summed E-state index contributed by atoms with van der Waals surface area (Å²) < 4.78 is 0. The molecule has 0 spiro atoms. The van der Waals surface area contributed by atoms with Crippen LogP contribution in [0, 0.1) is 0 Å². The molecule has 0 saturated carbocycles. The van der Waals surface area contributed by atoms with Gasteiger partial charge in [-0.05, 0) is 35.7 Å². The second kappa shape index (κ2) is 5.42. The lowest BCUT2D eigenvalue weighted by molar-refractivity contribution is 0.102. The number of nitrogens with zero attached hydrogens (tertiary/aromatic N) is 1. The predicted molar refractivity (Wildman–Crippen MR) is 85.6 cm³/mol. The predicted octanol–water partition coefficient (Wildman–Crippen LogP) is 3.72. The van der Waals surface area contributed by atoms with Crippen molar-refractivity contribution in [3.8, 4) is 0 Å². The molecule has 104 valence electrons. The van der Waals surface area contributed by atoms with Crippen LogP contribution in [0.4, 0.5) is 11.4 Å². The number of amides is 1. The van der Waals surface area contributed by atoms with E-state index in [1.54, 1.807) is 30.6 Å². The third-order valence-corrected chi connectivity index (χ3v) is 3.43. The topological polar surface area (TPSA) is 68.0 Å². The molecule has 2 aromatic carbocycles. The maximum atomic E-state index is 12.4. The van der Waals surface area contributed by atoms with Gasteiger partial charge in [-0.2, -0.15) is 0 Å². The Bertz CT molecular complexity index is 827. The SMILES string of the molecule is Nc1ccc(Cl)cc1C(=O)Nc1cccc2ccncc12. The van der Waals surface area contributed by atoms with E-state index >= 15 is 0 Å². The maximum Gasteiger partial charge on any atom is 0.257 e. The minimum absolute atomic E-state index is 0.300. The largest absolute Gasteiger partial charge is 0.398 e. The highest BCUT2D eigenvalue weighted by Crippen LogP contribution is 2.24. The summed E-state index contributed by atoms with van der Waals surface area (Å²) in [4.78, 5) is 16.4. The molecule has 1 heterocycles. The number of nitrogens with two attached hydrogens (primary N) is 1. The molecule has 1 amide bonds. The number of anilines is 2. The van der Waals surface area contributed by atoms with Crippen LogP contribution in [-0.2, 0) is 0 Å². The van der Waals surface area contributed by atoms with Crippen LogP contribution in [0.25, 0.3) is 10.8 Å². The number of halogens is 1. The Morgan fingerprint density at radius 3 is 2.90 bits per heavy atom. The molecule has 0 atom stereocenters. The zero-order chi connectivity index (χ0) is 14.8. The zero-order valence-electron chi connectivity index (χ0n) is 11.0. The van der Waals surface area contributed by atoms with Gasteiger partial charge in [0, 0.05) is 28.5 Å². The van der Waals surface area contributed by atoms with Gasteiger partial charge in [-0.3, -0.25) is 9.78 Å². The van der Waals surface area contributed by atoms with Gasteiger partial charge in [-0.25, -0.2) is 0 Å². The molecular weight excluding hydrogens is 286 g/mol. The van der Waals surface area contributed by atoms with Gasteiger partial charge in [-0.15, -0.1) is 0 Å². The van der Waals surface area contributed by atoms with Crippen molar-refractivity contribution in [3.63, 3.8) is 0 Å². The van der Waals surface area contributed by atoms with Crippen molar-refractivity contribution in [3.05, 3.63) is 65.4 Å². The number of nitrogen functional groups attached to an aromatic ring is 1. The van der Waals surface area contributed by atoms with Crippen LogP contribution in [0.15, 0.2) is 54.9 Å². The molecule has 0 fully saturated rings. The highest BCUT2D eigenvalue weighted by molar-refractivity contribution is 6.31. The molecule has 3 N–H and O–H groups in total. The molecule has 0 bridgehead atoms. The Hall–Kier alpha value is -2.59. The molecule has 0 unspecified atom stereocenters. The lowest BCUT2D eigenvalue weighted by Gasteiger charge is -2.10. The van der Waals surface area contributed by atoms with E-state index in [1.165, 1.54) is 0 Å². The second-order valence-electron chi connectivity index (χ2n) is 4.59. The molecule has 1 aromatic heterocycles. The summed E-state index contributed by atoms with van der Waals surface area (Å²) in [6.45, 7) is 0. The first-order valence-corrected chi connectivity index (χ1v) is 6.72. The van der Waals surface area contributed by atoms with Crippen LogP contribution < -0.4 is 11.1 Å². The summed E-state index contributed by atoms with van der Waals surface area (Å²) in [7, 11) is 0. The molecule has 4 nitrogen and oxygen atoms in total. The molecule has 5 heteroatoms. The van der Waals surface area contributed by atoms with Crippen molar-refractivity contribution in [2.45, 2.75) is 0 Å². The minimum atomic E-state index is -0.300. The summed E-state index contributed by atoms with van der Waals surface area (Å²) in [6.07, 6.45) is 3.43.